The third-order valence-corrected chi connectivity index (χ3v) is 4.95. The molecular weight excluding hydrogens is 298 g/mol. The molecule has 1 atom stereocenters. The molecule has 6 nitrogen and oxygen atoms in total. The molecule has 0 saturated heterocycles. The van der Waals surface area contributed by atoms with Gasteiger partial charge in [0.25, 0.3) is 0 Å². The van der Waals surface area contributed by atoms with Gasteiger partial charge in [-0.3, -0.25) is 14.8 Å². The third kappa shape index (κ3) is 3.19. The number of amides is 1. The highest BCUT2D eigenvalue weighted by molar-refractivity contribution is 7.15. The Bertz CT molecular complexity index is 695. The first kappa shape index (κ1) is 16.6. The van der Waals surface area contributed by atoms with Crippen molar-refractivity contribution < 1.29 is 4.79 Å². The maximum Gasteiger partial charge on any atom is 0.233 e. The lowest BCUT2D eigenvalue weighted by atomic mass is 9.98. The Morgan fingerprint density at radius 2 is 1.91 bits per heavy atom. The Balaban J connectivity index is 2.17. The molecule has 0 aromatic carbocycles. The van der Waals surface area contributed by atoms with Gasteiger partial charge in [0.05, 0.1) is 11.6 Å². The van der Waals surface area contributed by atoms with Crippen molar-refractivity contribution in [3.63, 3.8) is 0 Å². The van der Waals surface area contributed by atoms with E-state index in [4.69, 9.17) is 0 Å². The van der Waals surface area contributed by atoms with Crippen LogP contribution in [0.15, 0.2) is 0 Å². The van der Waals surface area contributed by atoms with Crippen LogP contribution in [0.1, 0.15) is 55.6 Å². The smallest absolute Gasteiger partial charge is 0.233 e. The maximum atomic E-state index is 12.5. The summed E-state index contributed by atoms with van der Waals surface area (Å²) in [6, 6.07) is 0. The molecule has 0 fully saturated rings. The SMILES string of the molecule is Cc1nn(C)c(C)c1C(C)C(=O)Nc1nnc(C(C)(C)C)s1. The first-order chi connectivity index (χ1) is 10.1. The summed E-state index contributed by atoms with van der Waals surface area (Å²) in [5.74, 6) is -0.369. The van der Waals surface area contributed by atoms with Gasteiger partial charge in [-0.15, -0.1) is 10.2 Å². The standard InChI is InChI=1S/C15H23N5OS/c1-8(11-9(2)19-20(7)10(11)3)12(21)16-14-18-17-13(22-14)15(4,5)6/h8H,1-7H3,(H,16,18,21). The zero-order chi connectivity index (χ0) is 16.7. The molecule has 22 heavy (non-hydrogen) atoms. The van der Waals surface area contributed by atoms with Crippen LogP contribution < -0.4 is 5.32 Å². The zero-order valence-electron chi connectivity index (χ0n) is 14.2. The number of aryl methyl sites for hydroxylation is 2. The second-order valence-electron chi connectivity index (χ2n) is 6.58. The third-order valence-electron chi connectivity index (χ3n) is 3.69. The van der Waals surface area contributed by atoms with E-state index in [1.807, 2.05) is 27.8 Å². The minimum absolute atomic E-state index is 0.0667. The van der Waals surface area contributed by atoms with Crippen LogP contribution in [0.4, 0.5) is 5.13 Å². The number of carbonyl (C=O) groups is 1. The number of hydrogen-bond donors (Lipinski definition) is 1. The monoisotopic (exact) mass is 321 g/mol. The first-order valence-corrected chi connectivity index (χ1v) is 8.08. The maximum absolute atomic E-state index is 12.5. The fourth-order valence-electron chi connectivity index (χ4n) is 2.34. The molecule has 120 valence electrons. The van der Waals surface area contributed by atoms with Gasteiger partial charge in [0.1, 0.15) is 5.01 Å². The average molecular weight is 321 g/mol. The van der Waals surface area contributed by atoms with E-state index < -0.39 is 0 Å². The number of aromatic nitrogens is 4. The Hall–Kier alpha value is -1.76. The molecule has 2 rings (SSSR count). The molecule has 2 aromatic rings. The number of carbonyl (C=O) groups excluding carboxylic acids is 1. The summed E-state index contributed by atoms with van der Waals surface area (Å²) in [5.41, 5.74) is 2.80. The van der Waals surface area contributed by atoms with Crippen LogP contribution in [0.5, 0.6) is 0 Å². The summed E-state index contributed by atoms with van der Waals surface area (Å²) in [4.78, 5) is 12.5. The Morgan fingerprint density at radius 1 is 1.27 bits per heavy atom. The Kier molecular flexibility index (Phi) is 4.37. The van der Waals surface area contributed by atoms with Crippen molar-refractivity contribution in [2.45, 2.75) is 52.9 Å². The molecule has 1 N–H and O–H groups in total. The quantitative estimate of drug-likeness (QED) is 0.943. The Labute approximate surface area is 135 Å². The van der Waals surface area contributed by atoms with Gasteiger partial charge in [-0.1, -0.05) is 32.1 Å². The van der Waals surface area contributed by atoms with Gasteiger partial charge < -0.3 is 0 Å². The van der Waals surface area contributed by atoms with Crippen LogP contribution in [-0.2, 0) is 17.3 Å². The Morgan fingerprint density at radius 3 is 2.36 bits per heavy atom. The summed E-state index contributed by atoms with van der Waals surface area (Å²) >= 11 is 1.42. The molecule has 2 aromatic heterocycles. The summed E-state index contributed by atoms with van der Waals surface area (Å²) < 4.78 is 1.80. The van der Waals surface area contributed by atoms with Crippen LogP contribution in [0.2, 0.25) is 0 Å². The molecular formula is C15H23N5OS. The molecule has 1 amide bonds. The molecule has 0 bridgehead atoms. The topological polar surface area (TPSA) is 72.7 Å². The number of hydrogen-bond acceptors (Lipinski definition) is 5. The van der Waals surface area contributed by atoms with Crippen LogP contribution >= 0.6 is 11.3 Å². The van der Waals surface area contributed by atoms with Gasteiger partial charge in [0.2, 0.25) is 11.0 Å². The van der Waals surface area contributed by atoms with Crippen LogP contribution in [0.25, 0.3) is 0 Å². The van der Waals surface area contributed by atoms with E-state index in [1.165, 1.54) is 11.3 Å². The van der Waals surface area contributed by atoms with E-state index in [9.17, 15) is 4.79 Å². The van der Waals surface area contributed by atoms with Crippen LogP contribution in [-0.4, -0.2) is 25.9 Å². The first-order valence-electron chi connectivity index (χ1n) is 7.26. The van der Waals surface area contributed by atoms with Gasteiger partial charge in [0, 0.05) is 23.7 Å². The van der Waals surface area contributed by atoms with E-state index in [0.29, 0.717) is 5.13 Å². The highest BCUT2D eigenvalue weighted by Gasteiger charge is 2.25. The van der Waals surface area contributed by atoms with Crippen molar-refractivity contribution in [3.8, 4) is 0 Å². The minimum Gasteiger partial charge on any atom is -0.300 e. The van der Waals surface area contributed by atoms with Crippen molar-refractivity contribution in [2.75, 3.05) is 5.32 Å². The van der Waals surface area contributed by atoms with Gasteiger partial charge in [0.15, 0.2) is 0 Å². The number of anilines is 1. The fourth-order valence-corrected chi connectivity index (χ4v) is 3.14. The van der Waals surface area contributed by atoms with E-state index in [2.05, 4.69) is 41.4 Å². The molecule has 0 aliphatic heterocycles. The summed E-state index contributed by atoms with van der Waals surface area (Å²) in [7, 11) is 1.89. The van der Waals surface area contributed by atoms with Gasteiger partial charge >= 0.3 is 0 Å². The van der Waals surface area contributed by atoms with Crippen molar-refractivity contribution in [1.29, 1.82) is 0 Å². The molecule has 2 heterocycles. The van der Waals surface area contributed by atoms with Crippen molar-refractivity contribution in [3.05, 3.63) is 22.0 Å². The van der Waals surface area contributed by atoms with Crippen molar-refractivity contribution >= 4 is 22.4 Å². The average Bonchev–Trinajstić information content (AvgIpc) is 2.95. The van der Waals surface area contributed by atoms with E-state index >= 15 is 0 Å². The molecule has 7 heteroatoms. The molecule has 0 aliphatic carbocycles. The lowest BCUT2D eigenvalue weighted by Crippen LogP contribution is -2.19. The van der Waals surface area contributed by atoms with Gasteiger partial charge in [-0.05, 0) is 20.8 Å². The molecule has 0 aliphatic rings. The van der Waals surface area contributed by atoms with Gasteiger partial charge in [-0.2, -0.15) is 5.10 Å². The largest absolute Gasteiger partial charge is 0.300 e. The second-order valence-corrected chi connectivity index (χ2v) is 7.56. The predicted octanol–water partition coefficient (Wildman–Crippen LogP) is 2.93. The van der Waals surface area contributed by atoms with Gasteiger partial charge in [-0.25, -0.2) is 0 Å². The highest BCUT2D eigenvalue weighted by Crippen LogP contribution is 2.29. The number of nitrogens with zero attached hydrogens (tertiary/aromatic N) is 4. The van der Waals surface area contributed by atoms with E-state index in [0.717, 1.165) is 22.0 Å². The summed E-state index contributed by atoms with van der Waals surface area (Å²) in [6.45, 7) is 12.0. The lowest BCUT2D eigenvalue weighted by molar-refractivity contribution is -0.117. The highest BCUT2D eigenvalue weighted by atomic mass is 32.1. The molecule has 0 radical (unpaired) electrons. The molecule has 0 spiro atoms. The van der Waals surface area contributed by atoms with Crippen LogP contribution in [0.3, 0.4) is 0 Å². The second kappa shape index (κ2) is 5.79. The number of rotatable bonds is 3. The lowest BCUT2D eigenvalue weighted by Gasteiger charge is -2.13. The zero-order valence-corrected chi connectivity index (χ0v) is 15.0. The fraction of sp³-hybridized carbons (Fsp3) is 0.600. The summed E-state index contributed by atoms with van der Waals surface area (Å²) in [5, 5.41) is 16.9. The normalized spacial score (nSPS) is 13.2. The van der Waals surface area contributed by atoms with E-state index in [1.54, 1.807) is 4.68 Å². The molecule has 1 unspecified atom stereocenters. The van der Waals surface area contributed by atoms with E-state index in [-0.39, 0.29) is 17.2 Å². The summed E-state index contributed by atoms with van der Waals surface area (Å²) in [6.07, 6.45) is 0. The van der Waals surface area contributed by atoms with Crippen molar-refractivity contribution in [1.82, 2.24) is 20.0 Å². The minimum atomic E-state index is -0.282. The van der Waals surface area contributed by atoms with Crippen LogP contribution in [0, 0.1) is 13.8 Å². The number of nitrogens with one attached hydrogen (secondary N) is 1. The van der Waals surface area contributed by atoms with Crippen molar-refractivity contribution in [2.24, 2.45) is 7.05 Å². The molecule has 0 saturated carbocycles. The predicted molar refractivity (Wildman–Crippen MR) is 88.3 cm³/mol.